The van der Waals surface area contributed by atoms with Crippen molar-refractivity contribution in [2.75, 3.05) is 31.1 Å². The van der Waals surface area contributed by atoms with E-state index in [-0.39, 0.29) is 35.9 Å². The van der Waals surface area contributed by atoms with E-state index in [1.165, 1.54) is 5.56 Å². The van der Waals surface area contributed by atoms with E-state index < -0.39 is 9.84 Å². The third kappa shape index (κ3) is 3.70. The summed E-state index contributed by atoms with van der Waals surface area (Å²) in [6.07, 6.45) is 2.75. The number of rotatable bonds is 5. The summed E-state index contributed by atoms with van der Waals surface area (Å²) in [6, 6.07) is 9.91. The Morgan fingerprint density at radius 1 is 1.17 bits per heavy atom. The highest BCUT2D eigenvalue weighted by molar-refractivity contribution is 7.91. The third-order valence-electron chi connectivity index (χ3n) is 4.96. The van der Waals surface area contributed by atoms with Crippen molar-refractivity contribution >= 4 is 15.7 Å². The fourth-order valence-corrected chi connectivity index (χ4v) is 5.78. The van der Waals surface area contributed by atoms with Crippen LogP contribution in [0.5, 0.6) is 0 Å². The van der Waals surface area contributed by atoms with Crippen LogP contribution < -0.4 is 0 Å². The molecule has 0 aliphatic carbocycles. The Hall–Kier alpha value is -1.66. The lowest BCUT2D eigenvalue weighted by Crippen LogP contribution is -2.60. The molecule has 2 aliphatic heterocycles. The highest BCUT2D eigenvalue weighted by Gasteiger charge is 2.47. The molecule has 0 spiro atoms. The SMILES string of the molecule is C=CCC(=O)N1CCN(CCc2ccccc2)[C@@H]2CS(=O)(=O)C[C@@H]21. The summed E-state index contributed by atoms with van der Waals surface area (Å²) < 4.78 is 24.3. The number of sulfone groups is 1. The van der Waals surface area contributed by atoms with Crippen LogP contribution in [0.1, 0.15) is 12.0 Å². The molecule has 1 aromatic carbocycles. The van der Waals surface area contributed by atoms with Crippen molar-refractivity contribution in [2.45, 2.75) is 24.9 Å². The molecule has 24 heavy (non-hydrogen) atoms. The molecule has 1 aromatic rings. The topological polar surface area (TPSA) is 57.7 Å². The Kier molecular flexibility index (Phi) is 5.06. The molecule has 2 atom stereocenters. The first-order valence-electron chi connectivity index (χ1n) is 8.39. The van der Waals surface area contributed by atoms with Crippen LogP contribution in [0.4, 0.5) is 0 Å². The fourth-order valence-electron chi connectivity index (χ4n) is 3.77. The van der Waals surface area contributed by atoms with Gasteiger partial charge in [0.25, 0.3) is 0 Å². The first-order chi connectivity index (χ1) is 11.5. The number of piperazine rings is 1. The molecule has 0 unspecified atom stereocenters. The number of amides is 1. The van der Waals surface area contributed by atoms with E-state index >= 15 is 0 Å². The Balaban J connectivity index is 1.72. The molecular formula is C18H24N2O3S. The lowest BCUT2D eigenvalue weighted by Gasteiger charge is -2.44. The number of benzene rings is 1. The maximum atomic E-state index is 12.3. The van der Waals surface area contributed by atoms with Crippen LogP contribution in [0.2, 0.25) is 0 Å². The summed E-state index contributed by atoms with van der Waals surface area (Å²) >= 11 is 0. The normalized spacial score (nSPS) is 26.1. The Morgan fingerprint density at radius 2 is 1.88 bits per heavy atom. The highest BCUT2D eigenvalue weighted by atomic mass is 32.2. The van der Waals surface area contributed by atoms with Crippen LogP contribution in [-0.4, -0.2) is 67.3 Å². The quantitative estimate of drug-likeness (QED) is 0.748. The fraction of sp³-hybridized carbons (Fsp3) is 0.500. The van der Waals surface area contributed by atoms with Gasteiger partial charge in [0.15, 0.2) is 9.84 Å². The van der Waals surface area contributed by atoms with Gasteiger partial charge in [-0.1, -0.05) is 36.4 Å². The van der Waals surface area contributed by atoms with Crippen LogP contribution >= 0.6 is 0 Å². The molecule has 2 aliphatic rings. The summed E-state index contributed by atoms with van der Waals surface area (Å²) in [5.74, 6) is 0.229. The third-order valence-corrected chi connectivity index (χ3v) is 6.66. The van der Waals surface area contributed by atoms with E-state index in [1.54, 1.807) is 11.0 Å². The van der Waals surface area contributed by atoms with Crippen LogP contribution in [-0.2, 0) is 21.1 Å². The second kappa shape index (κ2) is 7.07. The summed E-state index contributed by atoms with van der Waals surface area (Å²) in [5.41, 5.74) is 1.25. The van der Waals surface area contributed by atoms with Gasteiger partial charge < -0.3 is 4.90 Å². The van der Waals surface area contributed by atoms with Gasteiger partial charge in [0.1, 0.15) is 0 Å². The number of carbonyl (C=O) groups is 1. The van der Waals surface area contributed by atoms with E-state index in [2.05, 4.69) is 23.6 Å². The predicted molar refractivity (Wildman–Crippen MR) is 94.5 cm³/mol. The molecule has 1 amide bonds. The van der Waals surface area contributed by atoms with Crippen LogP contribution in [0.25, 0.3) is 0 Å². The predicted octanol–water partition coefficient (Wildman–Crippen LogP) is 1.12. The molecule has 0 bridgehead atoms. The average molecular weight is 348 g/mol. The Morgan fingerprint density at radius 3 is 2.58 bits per heavy atom. The largest absolute Gasteiger partial charge is 0.336 e. The number of hydrogen-bond donors (Lipinski definition) is 0. The van der Waals surface area contributed by atoms with Gasteiger partial charge >= 0.3 is 0 Å². The molecule has 0 aromatic heterocycles. The monoisotopic (exact) mass is 348 g/mol. The summed E-state index contributed by atoms with van der Waals surface area (Å²) in [4.78, 5) is 16.3. The second-order valence-electron chi connectivity index (χ2n) is 6.56. The minimum atomic E-state index is -3.09. The minimum absolute atomic E-state index is 0.0141. The van der Waals surface area contributed by atoms with E-state index in [0.717, 1.165) is 19.5 Å². The molecule has 5 nitrogen and oxygen atoms in total. The van der Waals surface area contributed by atoms with Gasteiger partial charge in [-0.15, -0.1) is 6.58 Å². The number of nitrogens with zero attached hydrogens (tertiary/aromatic N) is 2. The van der Waals surface area contributed by atoms with Crippen molar-refractivity contribution < 1.29 is 13.2 Å². The van der Waals surface area contributed by atoms with Crippen LogP contribution in [0, 0.1) is 0 Å². The zero-order valence-electron chi connectivity index (χ0n) is 13.8. The molecule has 2 heterocycles. The van der Waals surface area contributed by atoms with Gasteiger partial charge in [0, 0.05) is 32.1 Å². The van der Waals surface area contributed by atoms with E-state index in [4.69, 9.17) is 0 Å². The standard InChI is InChI=1S/C18H24N2O3S/c1-2-6-18(21)20-12-11-19(10-9-15-7-4-3-5-8-15)16-13-24(22,23)14-17(16)20/h2-5,7-8,16-17H,1,6,9-14H2/t16-,17+/m1/s1. The highest BCUT2D eigenvalue weighted by Crippen LogP contribution is 2.27. The molecule has 0 N–H and O–H groups in total. The zero-order valence-corrected chi connectivity index (χ0v) is 14.6. The summed E-state index contributed by atoms with van der Waals surface area (Å²) in [7, 11) is -3.09. The maximum Gasteiger partial charge on any atom is 0.226 e. The summed E-state index contributed by atoms with van der Waals surface area (Å²) in [6.45, 7) is 5.76. The van der Waals surface area contributed by atoms with Crippen molar-refractivity contribution in [3.63, 3.8) is 0 Å². The molecular weight excluding hydrogens is 324 g/mol. The zero-order chi connectivity index (χ0) is 17.2. The maximum absolute atomic E-state index is 12.3. The second-order valence-corrected chi connectivity index (χ2v) is 8.72. The molecule has 0 saturated carbocycles. The molecule has 2 fully saturated rings. The lowest BCUT2D eigenvalue weighted by molar-refractivity contribution is -0.136. The van der Waals surface area contributed by atoms with Gasteiger partial charge in [-0.3, -0.25) is 9.69 Å². The van der Waals surface area contributed by atoms with Gasteiger partial charge in [0.2, 0.25) is 5.91 Å². The van der Waals surface area contributed by atoms with Crippen molar-refractivity contribution in [2.24, 2.45) is 0 Å². The molecule has 130 valence electrons. The smallest absolute Gasteiger partial charge is 0.226 e. The van der Waals surface area contributed by atoms with Crippen LogP contribution in [0.15, 0.2) is 43.0 Å². The van der Waals surface area contributed by atoms with E-state index in [1.807, 2.05) is 18.2 Å². The number of carbonyl (C=O) groups excluding carboxylic acids is 1. The molecule has 0 radical (unpaired) electrons. The van der Waals surface area contributed by atoms with E-state index in [9.17, 15) is 13.2 Å². The molecule has 6 heteroatoms. The van der Waals surface area contributed by atoms with Crippen molar-refractivity contribution in [3.8, 4) is 0 Å². The van der Waals surface area contributed by atoms with Gasteiger partial charge in [0.05, 0.1) is 17.5 Å². The molecule has 2 saturated heterocycles. The van der Waals surface area contributed by atoms with Gasteiger partial charge in [-0.25, -0.2) is 8.42 Å². The summed E-state index contributed by atoms with van der Waals surface area (Å²) in [5, 5.41) is 0. The van der Waals surface area contributed by atoms with Crippen molar-refractivity contribution in [1.29, 1.82) is 0 Å². The van der Waals surface area contributed by atoms with Crippen molar-refractivity contribution in [3.05, 3.63) is 48.6 Å². The molecule has 3 rings (SSSR count). The average Bonchev–Trinajstić information content (AvgIpc) is 2.88. The van der Waals surface area contributed by atoms with Crippen molar-refractivity contribution in [1.82, 2.24) is 9.80 Å². The minimum Gasteiger partial charge on any atom is -0.336 e. The first kappa shape index (κ1) is 17.2. The lowest BCUT2D eigenvalue weighted by atomic mass is 10.0. The number of hydrogen-bond acceptors (Lipinski definition) is 4. The van der Waals surface area contributed by atoms with E-state index in [0.29, 0.717) is 6.54 Å². The number of fused-ring (bicyclic) bond motifs is 1. The van der Waals surface area contributed by atoms with Crippen LogP contribution in [0.3, 0.4) is 0 Å². The van der Waals surface area contributed by atoms with Gasteiger partial charge in [-0.05, 0) is 12.0 Å². The Bertz CT molecular complexity index is 702. The van der Waals surface area contributed by atoms with Gasteiger partial charge in [-0.2, -0.15) is 0 Å². The Labute approximate surface area is 143 Å². The first-order valence-corrected chi connectivity index (χ1v) is 10.2.